The Hall–Kier alpha value is -5.55. The summed E-state index contributed by atoms with van der Waals surface area (Å²) < 4.78 is 40.3. The van der Waals surface area contributed by atoms with Crippen LogP contribution in [0.25, 0.3) is 0 Å². The first-order chi connectivity index (χ1) is 20.7. The van der Waals surface area contributed by atoms with E-state index < -0.39 is 0 Å². The number of hydrogen-bond donors (Lipinski definition) is 0. The van der Waals surface area contributed by atoms with E-state index in [1.54, 1.807) is 50.8 Å². The van der Waals surface area contributed by atoms with E-state index in [2.05, 4.69) is 45.9 Å². The van der Waals surface area contributed by atoms with Gasteiger partial charge in [0, 0.05) is 18.2 Å². The molecule has 0 aliphatic carbocycles. The fourth-order valence-electron chi connectivity index (χ4n) is 4.01. The summed E-state index contributed by atoms with van der Waals surface area (Å²) in [5.41, 5.74) is 1.86. The summed E-state index contributed by atoms with van der Waals surface area (Å²) in [6.45, 7) is 2.27. The molecule has 8 rings (SSSR count). The van der Waals surface area contributed by atoms with E-state index in [1.165, 1.54) is 0 Å². The quantitative estimate of drug-likeness (QED) is 0.244. The lowest BCUT2D eigenvalue weighted by Crippen LogP contribution is -2.15. The van der Waals surface area contributed by atoms with Crippen molar-refractivity contribution in [3.8, 4) is 35.3 Å². The Kier molecular flexibility index (Phi) is 6.97. The SMILES string of the molecule is c1c2cc3cc1OCc1cn(nn1)CCOc1nc(nc(n1)OCCn1cc(nn1)CO3)OCCn1cc(nn1)CO2. The van der Waals surface area contributed by atoms with Crippen LogP contribution in [0.2, 0.25) is 0 Å². The molecule has 0 radical (unpaired) electrons. The van der Waals surface area contributed by atoms with Crippen LogP contribution in [-0.2, 0) is 39.5 Å². The second kappa shape index (κ2) is 11.5. The largest absolute Gasteiger partial charge is 0.487 e. The first-order valence-electron chi connectivity index (χ1n) is 13.1. The Morgan fingerprint density at radius 2 is 0.786 bits per heavy atom. The van der Waals surface area contributed by atoms with Crippen molar-refractivity contribution >= 4 is 0 Å². The molecule has 0 saturated heterocycles. The van der Waals surface area contributed by atoms with Crippen molar-refractivity contribution in [2.45, 2.75) is 39.5 Å². The molecule has 5 aromatic rings. The van der Waals surface area contributed by atoms with Crippen LogP contribution in [0.4, 0.5) is 0 Å². The summed E-state index contributed by atoms with van der Waals surface area (Å²) in [5, 5.41) is 25.0. The summed E-state index contributed by atoms with van der Waals surface area (Å²) >= 11 is 0. The Labute approximate surface area is 237 Å². The van der Waals surface area contributed by atoms with Crippen LogP contribution in [0, 0.1) is 0 Å². The lowest BCUT2D eigenvalue weighted by molar-refractivity contribution is 0.218. The highest BCUT2D eigenvalue weighted by Crippen LogP contribution is 2.29. The zero-order valence-electron chi connectivity index (χ0n) is 22.1. The highest BCUT2D eigenvalue weighted by molar-refractivity contribution is 5.42. The number of ether oxygens (including phenoxy) is 6. The van der Waals surface area contributed by atoms with Crippen LogP contribution in [-0.4, -0.2) is 79.8 Å². The molecule has 18 heteroatoms. The third-order valence-corrected chi connectivity index (χ3v) is 6.00. The van der Waals surface area contributed by atoms with Gasteiger partial charge < -0.3 is 28.4 Å². The van der Waals surface area contributed by atoms with Gasteiger partial charge in [-0.15, -0.1) is 30.2 Å². The van der Waals surface area contributed by atoms with Crippen molar-refractivity contribution < 1.29 is 28.4 Å². The normalized spacial score (nSPS) is 15.4. The molecule has 0 unspecified atom stereocenters. The van der Waals surface area contributed by atoms with Crippen molar-refractivity contribution in [2.24, 2.45) is 0 Å². The smallest absolute Gasteiger partial charge is 0.325 e. The van der Waals surface area contributed by atoms with E-state index in [9.17, 15) is 0 Å². The predicted octanol–water partition coefficient (Wildman–Crippen LogP) is 0.247. The number of nitrogens with zero attached hydrogens (tertiary/aromatic N) is 12. The third-order valence-electron chi connectivity index (χ3n) is 6.00. The van der Waals surface area contributed by atoms with Gasteiger partial charge in [0.15, 0.2) is 0 Å². The Balaban J connectivity index is 1.24. The molecule has 3 aliphatic heterocycles. The van der Waals surface area contributed by atoms with Crippen molar-refractivity contribution in [1.82, 2.24) is 59.9 Å². The van der Waals surface area contributed by atoms with Crippen LogP contribution in [0.1, 0.15) is 17.1 Å². The minimum atomic E-state index is 0.0408. The summed E-state index contributed by atoms with van der Waals surface area (Å²) in [5.74, 6) is 1.56. The molecule has 1 aromatic carbocycles. The molecule has 12 bridgehead atoms. The van der Waals surface area contributed by atoms with Crippen molar-refractivity contribution in [2.75, 3.05) is 19.8 Å². The average Bonchev–Trinajstić information content (AvgIpc) is 3.75. The van der Waals surface area contributed by atoms with Gasteiger partial charge in [-0.1, -0.05) is 15.6 Å². The van der Waals surface area contributed by atoms with Crippen LogP contribution < -0.4 is 28.4 Å². The van der Waals surface area contributed by atoms with E-state index in [4.69, 9.17) is 28.4 Å². The van der Waals surface area contributed by atoms with Gasteiger partial charge in [-0.05, 0) is 0 Å². The lowest BCUT2D eigenvalue weighted by Gasteiger charge is -2.12. The van der Waals surface area contributed by atoms with Gasteiger partial charge in [0.25, 0.3) is 0 Å². The number of fused-ring (bicyclic) bond motifs is 9. The molecular weight excluding hydrogens is 552 g/mol. The van der Waals surface area contributed by atoms with Crippen LogP contribution >= 0.6 is 0 Å². The Morgan fingerprint density at radius 1 is 0.452 bits per heavy atom. The van der Waals surface area contributed by atoms with Gasteiger partial charge in [0.2, 0.25) is 0 Å². The molecule has 0 saturated carbocycles. The number of benzene rings is 1. The molecule has 3 aliphatic rings. The number of aromatic nitrogens is 12. The average molecular weight is 577 g/mol. The standard InChI is InChI=1S/C24H24N12O6/c1-4-37-22-25-23-27-24(26-22)39-6-3-36-12-18(30-33-36)15-42-21-8-19(40-13-16-10-34(1)31-28-16)7-20(9-21)41-14-17-11-35(32-29-17)2-5-38-23/h7-12H,1-6,13-15H2. The van der Waals surface area contributed by atoms with E-state index >= 15 is 0 Å². The predicted molar refractivity (Wildman–Crippen MR) is 136 cm³/mol. The van der Waals surface area contributed by atoms with E-state index in [0.29, 0.717) is 54.0 Å². The molecule has 42 heavy (non-hydrogen) atoms. The minimum absolute atomic E-state index is 0.0408. The van der Waals surface area contributed by atoms with E-state index in [1.807, 2.05) is 0 Å². The van der Waals surface area contributed by atoms with Gasteiger partial charge in [0.1, 0.15) is 74.0 Å². The molecule has 0 amide bonds. The van der Waals surface area contributed by atoms with Crippen molar-refractivity contribution in [3.05, 3.63) is 53.9 Å². The monoisotopic (exact) mass is 576 g/mol. The zero-order valence-corrected chi connectivity index (χ0v) is 22.1. The fraction of sp³-hybridized carbons (Fsp3) is 0.375. The number of rotatable bonds is 0. The summed E-state index contributed by atoms with van der Waals surface area (Å²) in [6, 6.07) is 5.41. The highest BCUT2D eigenvalue weighted by atomic mass is 16.5. The maximum atomic E-state index is 6.02. The minimum Gasteiger partial charge on any atom is -0.487 e. The fourth-order valence-corrected chi connectivity index (χ4v) is 4.01. The molecule has 0 atom stereocenters. The van der Waals surface area contributed by atoms with Gasteiger partial charge >= 0.3 is 18.0 Å². The van der Waals surface area contributed by atoms with Crippen molar-refractivity contribution in [3.63, 3.8) is 0 Å². The molecule has 4 aromatic heterocycles. The molecule has 7 heterocycles. The molecule has 0 fully saturated rings. The van der Waals surface area contributed by atoms with Gasteiger partial charge in [0.05, 0.1) is 38.2 Å². The van der Waals surface area contributed by atoms with Gasteiger partial charge in [-0.25, -0.2) is 14.0 Å². The van der Waals surface area contributed by atoms with E-state index in [-0.39, 0.29) is 57.7 Å². The molecule has 18 nitrogen and oxygen atoms in total. The summed E-state index contributed by atoms with van der Waals surface area (Å²) in [6.07, 6.45) is 5.30. The zero-order chi connectivity index (χ0) is 28.1. The lowest BCUT2D eigenvalue weighted by atomic mass is 10.3. The van der Waals surface area contributed by atoms with Crippen molar-refractivity contribution in [1.29, 1.82) is 0 Å². The summed E-state index contributed by atoms with van der Waals surface area (Å²) in [4.78, 5) is 12.8. The Bertz CT molecular complexity index is 1450. The van der Waals surface area contributed by atoms with Crippen LogP contribution in [0.5, 0.6) is 35.3 Å². The molecular formula is C24H24N12O6. The maximum Gasteiger partial charge on any atom is 0.325 e. The first-order valence-corrected chi connectivity index (χ1v) is 13.1. The first kappa shape index (κ1) is 25.4. The summed E-state index contributed by atoms with van der Waals surface area (Å²) in [7, 11) is 0. The third kappa shape index (κ3) is 6.26. The Morgan fingerprint density at radius 3 is 1.12 bits per heavy atom. The molecule has 216 valence electrons. The van der Waals surface area contributed by atoms with Crippen LogP contribution in [0.3, 0.4) is 0 Å². The molecule has 0 spiro atoms. The maximum absolute atomic E-state index is 6.02. The molecule has 0 N–H and O–H groups in total. The number of hydrogen-bond acceptors (Lipinski definition) is 15. The second-order valence-electron chi connectivity index (χ2n) is 9.15. The topological polar surface area (TPSA) is 186 Å². The highest BCUT2D eigenvalue weighted by Gasteiger charge is 2.14. The van der Waals surface area contributed by atoms with Gasteiger partial charge in [-0.2, -0.15) is 0 Å². The second-order valence-corrected chi connectivity index (χ2v) is 9.15. The van der Waals surface area contributed by atoms with Crippen LogP contribution in [0.15, 0.2) is 36.8 Å². The van der Waals surface area contributed by atoms with Gasteiger partial charge in [-0.3, -0.25) is 0 Å². The van der Waals surface area contributed by atoms with E-state index in [0.717, 1.165) is 0 Å².